The van der Waals surface area contributed by atoms with Crippen LogP contribution in [-0.2, 0) is 12.6 Å². The molecule has 0 radical (unpaired) electrons. The molecule has 0 aliphatic rings. The van der Waals surface area contributed by atoms with E-state index in [-0.39, 0.29) is 6.42 Å². The van der Waals surface area contributed by atoms with Crippen LogP contribution < -0.4 is 0 Å². The van der Waals surface area contributed by atoms with Gasteiger partial charge >= 0.3 is 6.18 Å². The van der Waals surface area contributed by atoms with E-state index in [0.717, 1.165) is 0 Å². The van der Waals surface area contributed by atoms with Gasteiger partial charge in [-0.05, 0) is 35.4 Å². The van der Waals surface area contributed by atoms with E-state index < -0.39 is 29.2 Å². The number of alkyl halides is 3. The lowest BCUT2D eigenvalue weighted by Crippen LogP contribution is -2.14. The van der Waals surface area contributed by atoms with Crippen molar-refractivity contribution < 1.29 is 22.7 Å². The fraction of sp³-hybridized carbons (Fsp3) is 0.200. The second kappa shape index (κ2) is 6.03. The number of aliphatic hydroxyl groups excluding tert-OH is 1. The number of benzene rings is 2. The van der Waals surface area contributed by atoms with Crippen LogP contribution in [0, 0.1) is 5.82 Å². The van der Waals surface area contributed by atoms with Crippen LogP contribution >= 0.6 is 11.6 Å². The Morgan fingerprint density at radius 2 is 1.76 bits per heavy atom. The predicted molar refractivity (Wildman–Crippen MR) is 71.5 cm³/mol. The van der Waals surface area contributed by atoms with Crippen molar-refractivity contribution in [2.75, 3.05) is 0 Å². The minimum atomic E-state index is -4.66. The van der Waals surface area contributed by atoms with Crippen molar-refractivity contribution in [3.05, 3.63) is 70.0 Å². The SMILES string of the molecule is OC(Cc1ccccc1Cl)c1cc(F)ccc1C(F)(F)F. The van der Waals surface area contributed by atoms with Crippen LogP contribution in [0.2, 0.25) is 5.02 Å². The van der Waals surface area contributed by atoms with E-state index in [1.807, 2.05) is 0 Å². The monoisotopic (exact) mass is 318 g/mol. The minimum Gasteiger partial charge on any atom is -0.388 e. The summed E-state index contributed by atoms with van der Waals surface area (Å²) in [6, 6.07) is 8.53. The van der Waals surface area contributed by atoms with Crippen LogP contribution in [-0.4, -0.2) is 5.11 Å². The van der Waals surface area contributed by atoms with Gasteiger partial charge in [-0.25, -0.2) is 4.39 Å². The van der Waals surface area contributed by atoms with Crippen molar-refractivity contribution in [2.45, 2.75) is 18.7 Å². The van der Waals surface area contributed by atoms with Gasteiger partial charge in [0.05, 0.1) is 11.7 Å². The molecule has 1 atom stereocenters. The molecule has 2 aromatic carbocycles. The molecule has 2 rings (SSSR count). The lowest BCUT2D eigenvalue weighted by atomic mass is 9.96. The average Bonchev–Trinajstić information content (AvgIpc) is 2.40. The molecule has 112 valence electrons. The summed E-state index contributed by atoms with van der Waals surface area (Å²) in [6.07, 6.45) is -6.30. The van der Waals surface area contributed by atoms with E-state index in [1.165, 1.54) is 0 Å². The number of halogens is 5. The van der Waals surface area contributed by atoms with E-state index in [4.69, 9.17) is 11.6 Å². The van der Waals surface area contributed by atoms with Crippen molar-refractivity contribution >= 4 is 11.6 Å². The van der Waals surface area contributed by atoms with Gasteiger partial charge in [0.15, 0.2) is 0 Å². The van der Waals surface area contributed by atoms with Crippen LogP contribution in [0.25, 0.3) is 0 Å². The van der Waals surface area contributed by atoms with Crippen molar-refractivity contribution in [3.8, 4) is 0 Å². The van der Waals surface area contributed by atoms with Crippen LogP contribution in [0.4, 0.5) is 17.6 Å². The smallest absolute Gasteiger partial charge is 0.388 e. The zero-order valence-electron chi connectivity index (χ0n) is 10.7. The lowest BCUT2D eigenvalue weighted by Gasteiger charge is -2.18. The summed E-state index contributed by atoms with van der Waals surface area (Å²) >= 11 is 5.91. The fourth-order valence-electron chi connectivity index (χ4n) is 2.05. The third-order valence-electron chi connectivity index (χ3n) is 3.05. The van der Waals surface area contributed by atoms with Crippen LogP contribution in [0.3, 0.4) is 0 Å². The summed E-state index contributed by atoms with van der Waals surface area (Å²) in [5.74, 6) is -0.837. The minimum absolute atomic E-state index is 0.133. The highest BCUT2D eigenvalue weighted by atomic mass is 35.5. The van der Waals surface area contributed by atoms with Gasteiger partial charge in [-0.1, -0.05) is 29.8 Å². The zero-order chi connectivity index (χ0) is 15.6. The predicted octanol–water partition coefficient (Wildman–Crippen LogP) is 4.77. The Bertz CT molecular complexity index is 640. The molecule has 1 nitrogen and oxygen atoms in total. The first kappa shape index (κ1) is 15.8. The van der Waals surface area contributed by atoms with Gasteiger partial charge < -0.3 is 5.11 Å². The summed E-state index contributed by atoms with van der Waals surface area (Å²) in [7, 11) is 0. The van der Waals surface area contributed by atoms with E-state index in [0.29, 0.717) is 28.8 Å². The maximum absolute atomic E-state index is 13.2. The van der Waals surface area contributed by atoms with Crippen LogP contribution in [0.1, 0.15) is 22.8 Å². The highest BCUT2D eigenvalue weighted by Crippen LogP contribution is 2.36. The quantitative estimate of drug-likeness (QED) is 0.808. The molecule has 0 amide bonds. The molecular formula is C15H11ClF4O. The van der Waals surface area contributed by atoms with Crippen molar-refractivity contribution in [2.24, 2.45) is 0 Å². The molecule has 1 N–H and O–H groups in total. The highest BCUT2D eigenvalue weighted by Gasteiger charge is 2.35. The molecule has 0 saturated carbocycles. The molecule has 0 fully saturated rings. The Morgan fingerprint density at radius 3 is 2.38 bits per heavy atom. The molecule has 0 spiro atoms. The second-order valence-electron chi connectivity index (χ2n) is 4.54. The lowest BCUT2D eigenvalue weighted by molar-refractivity contribution is -0.139. The maximum atomic E-state index is 13.2. The molecule has 6 heteroatoms. The third kappa shape index (κ3) is 3.74. The molecular weight excluding hydrogens is 308 g/mol. The Balaban J connectivity index is 2.37. The normalized spacial score (nSPS) is 13.2. The maximum Gasteiger partial charge on any atom is 0.416 e. The molecule has 0 heterocycles. The van der Waals surface area contributed by atoms with Crippen LogP contribution in [0.15, 0.2) is 42.5 Å². The summed E-state index contributed by atoms with van der Waals surface area (Å²) < 4.78 is 51.9. The second-order valence-corrected chi connectivity index (χ2v) is 4.95. The summed E-state index contributed by atoms with van der Waals surface area (Å²) in [5.41, 5.74) is -1.06. The van der Waals surface area contributed by atoms with Gasteiger partial charge in [-0.2, -0.15) is 13.2 Å². The molecule has 21 heavy (non-hydrogen) atoms. The first-order valence-electron chi connectivity index (χ1n) is 6.07. The van der Waals surface area contributed by atoms with Gasteiger partial charge in [0.25, 0.3) is 0 Å². The largest absolute Gasteiger partial charge is 0.416 e. The van der Waals surface area contributed by atoms with E-state index in [1.54, 1.807) is 24.3 Å². The van der Waals surface area contributed by atoms with Gasteiger partial charge in [-0.3, -0.25) is 0 Å². The Labute approximate surface area is 123 Å². The average molecular weight is 319 g/mol. The Hall–Kier alpha value is -1.59. The van der Waals surface area contributed by atoms with Gasteiger partial charge in [0.1, 0.15) is 5.82 Å². The zero-order valence-corrected chi connectivity index (χ0v) is 11.4. The molecule has 2 aromatic rings. The van der Waals surface area contributed by atoms with Crippen molar-refractivity contribution in [3.63, 3.8) is 0 Å². The molecule has 0 aromatic heterocycles. The molecule has 0 aliphatic carbocycles. The number of rotatable bonds is 3. The fourth-order valence-corrected chi connectivity index (χ4v) is 2.26. The van der Waals surface area contributed by atoms with Crippen molar-refractivity contribution in [1.29, 1.82) is 0 Å². The van der Waals surface area contributed by atoms with E-state index in [9.17, 15) is 22.7 Å². The van der Waals surface area contributed by atoms with Gasteiger partial charge in [0, 0.05) is 11.4 Å². The number of hydrogen-bond donors (Lipinski definition) is 1. The van der Waals surface area contributed by atoms with Crippen molar-refractivity contribution in [1.82, 2.24) is 0 Å². The summed E-state index contributed by atoms with van der Waals surface area (Å²) in [6.45, 7) is 0. The first-order valence-corrected chi connectivity index (χ1v) is 6.45. The van der Waals surface area contributed by atoms with Gasteiger partial charge in [0.2, 0.25) is 0 Å². The topological polar surface area (TPSA) is 20.2 Å². The van der Waals surface area contributed by atoms with Gasteiger partial charge in [-0.15, -0.1) is 0 Å². The summed E-state index contributed by atoms with van der Waals surface area (Å²) in [5, 5.41) is 10.4. The number of aliphatic hydroxyl groups is 1. The Morgan fingerprint density at radius 1 is 1.10 bits per heavy atom. The molecule has 0 aliphatic heterocycles. The first-order chi connectivity index (χ1) is 9.79. The Kier molecular flexibility index (Phi) is 4.54. The number of hydrogen-bond acceptors (Lipinski definition) is 1. The molecule has 0 bridgehead atoms. The molecule has 0 saturated heterocycles. The standard InChI is InChI=1S/C15H11ClF4O/c16-13-4-2-1-3-9(13)7-14(21)11-8-10(17)5-6-12(11)15(18,19)20/h1-6,8,14,21H,7H2. The molecule has 1 unspecified atom stereocenters. The van der Waals surface area contributed by atoms with E-state index >= 15 is 0 Å². The highest BCUT2D eigenvalue weighted by molar-refractivity contribution is 6.31. The third-order valence-corrected chi connectivity index (χ3v) is 3.42. The van der Waals surface area contributed by atoms with Crippen LogP contribution in [0.5, 0.6) is 0 Å². The summed E-state index contributed by atoms with van der Waals surface area (Å²) in [4.78, 5) is 0. The van der Waals surface area contributed by atoms with E-state index in [2.05, 4.69) is 0 Å².